The van der Waals surface area contributed by atoms with Crippen molar-refractivity contribution in [3.63, 3.8) is 0 Å². The maximum absolute atomic E-state index is 11.5. The highest BCUT2D eigenvalue weighted by atomic mass is 32.1. The van der Waals surface area contributed by atoms with Gasteiger partial charge in [0.05, 0.1) is 5.56 Å². The molecule has 0 saturated heterocycles. The van der Waals surface area contributed by atoms with Gasteiger partial charge in [-0.3, -0.25) is 4.79 Å². The number of carboxylic acid groups (broad SMARTS) is 1. The van der Waals surface area contributed by atoms with Crippen molar-refractivity contribution in [2.24, 2.45) is 0 Å². The van der Waals surface area contributed by atoms with E-state index in [2.05, 4.69) is 5.32 Å². The monoisotopic (exact) mass is 211 g/mol. The Balaban J connectivity index is 2.06. The largest absolute Gasteiger partial charge is 0.480 e. The van der Waals surface area contributed by atoms with Crippen LogP contribution in [0.3, 0.4) is 0 Å². The van der Waals surface area contributed by atoms with E-state index in [4.69, 9.17) is 5.11 Å². The van der Waals surface area contributed by atoms with Gasteiger partial charge in [0.15, 0.2) is 0 Å². The third kappa shape index (κ3) is 1.50. The van der Waals surface area contributed by atoms with Crippen LogP contribution >= 0.6 is 11.3 Å². The zero-order valence-corrected chi connectivity index (χ0v) is 8.13. The number of hydrogen-bond donors (Lipinski definition) is 2. The van der Waals surface area contributed by atoms with Gasteiger partial charge in [0.25, 0.3) is 5.91 Å². The minimum Gasteiger partial charge on any atom is -0.480 e. The number of carboxylic acids is 1. The van der Waals surface area contributed by atoms with Gasteiger partial charge in [0, 0.05) is 5.38 Å². The summed E-state index contributed by atoms with van der Waals surface area (Å²) in [5.41, 5.74) is -0.457. The first-order valence-electron chi connectivity index (χ1n) is 4.22. The first kappa shape index (κ1) is 9.21. The molecule has 2 N–H and O–H groups in total. The lowest BCUT2D eigenvalue weighted by Gasteiger charge is -2.10. The number of rotatable bonds is 3. The minimum atomic E-state index is -0.987. The molecule has 0 aliphatic heterocycles. The van der Waals surface area contributed by atoms with Crippen LogP contribution < -0.4 is 5.32 Å². The van der Waals surface area contributed by atoms with Gasteiger partial charge in [-0.25, -0.2) is 4.79 Å². The first-order valence-corrected chi connectivity index (χ1v) is 5.16. The molecule has 2 rings (SSSR count). The third-order valence-electron chi connectivity index (χ3n) is 2.30. The highest BCUT2D eigenvalue weighted by molar-refractivity contribution is 7.08. The van der Waals surface area contributed by atoms with Crippen molar-refractivity contribution in [2.75, 3.05) is 0 Å². The molecule has 1 amide bonds. The second-order valence-corrected chi connectivity index (χ2v) is 4.13. The van der Waals surface area contributed by atoms with Gasteiger partial charge < -0.3 is 10.4 Å². The summed E-state index contributed by atoms with van der Waals surface area (Å²) in [4.78, 5) is 22.3. The van der Waals surface area contributed by atoms with E-state index in [1.807, 2.05) is 0 Å². The molecule has 0 aromatic carbocycles. The second-order valence-electron chi connectivity index (χ2n) is 3.35. The van der Waals surface area contributed by atoms with Crippen molar-refractivity contribution in [1.82, 2.24) is 5.32 Å². The van der Waals surface area contributed by atoms with Crippen LogP contribution in [0, 0.1) is 0 Å². The predicted octanol–water partition coefficient (Wildman–Crippen LogP) is 1.10. The molecular weight excluding hydrogens is 202 g/mol. The lowest BCUT2D eigenvalue weighted by molar-refractivity contribution is -0.140. The van der Waals surface area contributed by atoms with Crippen LogP contribution in [0.25, 0.3) is 0 Å². The average molecular weight is 211 g/mol. The fourth-order valence-electron chi connectivity index (χ4n) is 1.20. The third-order valence-corrected chi connectivity index (χ3v) is 2.98. The molecule has 0 radical (unpaired) electrons. The molecule has 1 fully saturated rings. The maximum Gasteiger partial charge on any atom is 0.329 e. The SMILES string of the molecule is O=C(NC1(C(=O)O)CC1)c1ccsc1. The number of thiophene rings is 1. The molecule has 74 valence electrons. The first-order chi connectivity index (χ1) is 6.64. The van der Waals surface area contributed by atoms with Crippen LogP contribution in [-0.4, -0.2) is 22.5 Å². The van der Waals surface area contributed by atoms with Gasteiger partial charge in [-0.05, 0) is 24.3 Å². The summed E-state index contributed by atoms with van der Waals surface area (Å²) in [7, 11) is 0. The van der Waals surface area contributed by atoms with Crippen molar-refractivity contribution < 1.29 is 14.7 Å². The summed E-state index contributed by atoms with van der Waals surface area (Å²) in [6.07, 6.45) is 1.05. The molecule has 0 bridgehead atoms. The van der Waals surface area contributed by atoms with E-state index in [1.165, 1.54) is 11.3 Å². The Kier molecular flexibility index (Phi) is 2.03. The van der Waals surface area contributed by atoms with E-state index in [0.717, 1.165) is 0 Å². The van der Waals surface area contributed by atoms with E-state index in [0.29, 0.717) is 18.4 Å². The Hall–Kier alpha value is -1.36. The minimum absolute atomic E-state index is 0.300. The van der Waals surface area contributed by atoms with E-state index in [9.17, 15) is 9.59 Å². The molecular formula is C9H9NO3S. The fraction of sp³-hybridized carbons (Fsp3) is 0.333. The molecule has 14 heavy (non-hydrogen) atoms. The van der Waals surface area contributed by atoms with Gasteiger partial charge in [0.2, 0.25) is 0 Å². The normalized spacial score (nSPS) is 17.4. The van der Waals surface area contributed by atoms with Crippen LogP contribution in [0.2, 0.25) is 0 Å². The summed E-state index contributed by atoms with van der Waals surface area (Å²) in [6, 6.07) is 1.68. The molecule has 5 heteroatoms. The molecule has 1 aliphatic rings. The van der Waals surface area contributed by atoms with Crippen molar-refractivity contribution >= 4 is 23.2 Å². The van der Waals surface area contributed by atoms with Crippen molar-refractivity contribution in [3.05, 3.63) is 22.4 Å². The summed E-state index contributed by atoms with van der Waals surface area (Å²) < 4.78 is 0. The Labute approximate surface area is 84.6 Å². The molecule has 0 unspecified atom stereocenters. The van der Waals surface area contributed by atoms with Crippen molar-refractivity contribution in [1.29, 1.82) is 0 Å². The van der Waals surface area contributed by atoms with Gasteiger partial charge in [0.1, 0.15) is 5.54 Å². The Morgan fingerprint density at radius 2 is 2.21 bits per heavy atom. The van der Waals surface area contributed by atoms with E-state index in [1.54, 1.807) is 16.8 Å². The lowest BCUT2D eigenvalue weighted by Crippen LogP contribution is -2.42. The van der Waals surface area contributed by atoms with Crippen molar-refractivity contribution in [3.8, 4) is 0 Å². The number of carbonyl (C=O) groups excluding carboxylic acids is 1. The predicted molar refractivity (Wildman–Crippen MR) is 51.4 cm³/mol. The van der Waals surface area contributed by atoms with Gasteiger partial charge >= 0.3 is 5.97 Å². The van der Waals surface area contributed by atoms with Crippen LogP contribution in [0.5, 0.6) is 0 Å². The quantitative estimate of drug-likeness (QED) is 0.786. The Morgan fingerprint density at radius 3 is 2.64 bits per heavy atom. The van der Waals surface area contributed by atoms with Crippen molar-refractivity contribution in [2.45, 2.75) is 18.4 Å². The Bertz CT molecular complexity index is 367. The van der Waals surface area contributed by atoms with E-state index >= 15 is 0 Å². The molecule has 1 aliphatic carbocycles. The summed E-state index contributed by atoms with van der Waals surface area (Å²) in [5.74, 6) is -1.24. The lowest BCUT2D eigenvalue weighted by atomic mass is 10.2. The average Bonchev–Trinajstić information content (AvgIpc) is 2.74. The van der Waals surface area contributed by atoms with Crippen LogP contribution in [0.4, 0.5) is 0 Å². The number of aliphatic carboxylic acids is 1. The zero-order valence-electron chi connectivity index (χ0n) is 7.32. The summed E-state index contributed by atoms with van der Waals surface area (Å²) in [6.45, 7) is 0. The molecule has 1 aromatic rings. The zero-order chi connectivity index (χ0) is 10.2. The fourth-order valence-corrected chi connectivity index (χ4v) is 1.84. The molecule has 0 spiro atoms. The van der Waals surface area contributed by atoms with Crippen LogP contribution in [0.1, 0.15) is 23.2 Å². The topological polar surface area (TPSA) is 66.4 Å². The molecule has 1 heterocycles. The second kappa shape index (κ2) is 3.09. The molecule has 1 aromatic heterocycles. The van der Waals surface area contributed by atoms with E-state index < -0.39 is 11.5 Å². The van der Waals surface area contributed by atoms with Gasteiger partial charge in [-0.1, -0.05) is 0 Å². The number of amides is 1. The Morgan fingerprint density at radius 1 is 1.50 bits per heavy atom. The highest BCUT2D eigenvalue weighted by Crippen LogP contribution is 2.35. The van der Waals surface area contributed by atoms with Gasteiger partial charge in [-0.2, -0.15) is 11.3 Å². The van der Waals surface area contributed by atoms with Crippen LogP contribution in [-0.2, 0) is 4.79 Å². The maximum atomic E-state index is 11.5. The van der Waals surface area contributed by atoms with Gasteiger partial charge in [-0.15, -0.1) is 0 Å². The molecule has 4 nitrogen and oxygen atoms in total. The molecule has 1 saturated carbocycles. The van der Waals surface area contributed by atoms with E-state index in [-0.39, 0.29) is 5.91 Å². The highest BCUT2D eigenvalue weighted by Gasteiger charge is 2.51. The van der Waals surface area contributed by atoms with Crippen LogP contribution in [0.15, 0.2) is 16.8 Å². The standard InChI is InChI=1S/C9H9NO3S/c11-7(6-1-4-14-5-6)10-9(2-3-9)8(12)13/h1,4-5H,2-3H2,(H,10,11)(H,12,13). The number of carbonyl (C=O) groups is 2. The summed E-state index contributed by atoms with van der Waals surface area (Å²) >= 11 is 1.41. The molecule has 0 atom stereocenters. The summed E-state index contributed by atoms with van der Waals surface area (Å²) in [5, 5.41) is 14.9. The smallest absolute Gasteiger partial charge is 0.329 e. The number of hydrogen-bond acceptors (Lipinski definition) is 3. The number of nitrogens with one attached hydrogen (secondary N) is 1.